The predicted molar refractivity (Wildman–Crippen MR) is 155 cm³/mol. The summed E-state index contributed by atoms with van der Waals surface area (Å²) in [6, 6.07) is 15.3. The van der Waals surface area contributed by atoms with Gasteiger partial charge in [0, 0.05) is 28.2 Å². The van der Waals surface area contributed by atoms with Crippen LogP contribution in [0.1, 0.15) is 44.2 Å². The summed E-state index contributed by atoms with van der Waals surface area (Å²) in [7, 11) is 0. The maximum atomic E-state index is 15.7. The van der Waals surface area contributed by atoms with E-state index in [1.165, 1.54) is 30.3 Å². The molecule has 1 heterocycles. The maximum absolute atomic E-state index is 15.7. The zero-order chi connectivity index (χ0) is 29.9. The number of nitrogens with zero attached hydrogens (tertiary/aromatic N) is 1. The zero-order valence-electron chi connectivity index (χ0n) is 22.8. The lowest BCUT2D eigenvalue weighted by Crippen LogP contribution is -2.45. The minimum atomic E-state index is -1.71. The molecule has 0 saturated carbocycles. The lowest BCUT2D eigenvalue weighted by atomic mass is 9.62. The number of amides is 1. The van der Waals surface area contributed by atoms with Crippen LogP contribution in [0.5, 0.6) is 5.75 Å². The van der Waals surface area contributed by atoms with Crippen LogP contribution in [0.15, 0.2) is 60.7 Å². The Balaban J connectivity index is 1.87. The third-order valence-electron chi connectivity index (χ3n) is 7.21. The molecular formula is C31H31Cl2F2N3O3. The summed E-state index contributed by atoms with van der Waals surface area (Å²) in [5.74, 6) is -2.71. The van der Waals surface area contributed by atoms with E-state index in [2.05, 4.69) is 16.7 Å². The largest absolute Gasteiger partial charge is 0.491 e. The highest BCUT2D eigenvalue weighted by Gasteiger charge is 2.61. The van der Waals surface area contributed by atoms with Crippen molar-refractivity contribution in [3.05, 3.63) is 93.5 Å². The van der Waals surface area contributed by atoms with Crippen molar-refractivity contribution in [1.82, 2.24) is 5.32 Å². The van der Waals surface area contributed by atoms with Crippen LogP contribution in [0.25, 0.3) is 0 Å². The standard InChI is InChI=1S/C31H31Cl2F2N3O3/c1-30(2,3)16-25-31(17-36,22-12-7-18(32)15-24(22)34)26(21-5-4-6-23(33)27(21)35)28(38-25)29(40)37-19-8-10-20(11-9-19)41-14-13-39/h4-12,15,25-26,28,38-39H,13-14,16H2,1-3H3,(H,37,40)/t25-,26-,28?,31-/m0/s1. The summed E-state index contributed by atoms with van der Waals surface area (Å²) < 4.78 is 36.8. The molecule has 1 aliphatic rings. The van der Waals surface area contributed by atoms with E-state index in [9.17, 15) is 10.1 Å². The molecule has 0 spiro atoms. The molecule has 3 aromatic carbocycles. The van der Waals surface area contributed by atoms with E-state index < -0.39 is 41.0 Å². The number of ether oxygens (including phenoxy) is 1. The zero-order valence-corrected chi connectivity index (χ0v) is 24.4. The van der Waals surface area contributed by atoms with Crippen molar-refractivity contribution in [2.45, 2.75) is 50.6 Å². The Morgan fingerprint density at radius 1 is 1.15 bits per heavy atom. The lowest BCUT2D eigenvalue weighted by molar-refractivity contribution is -0.118. The third-order valence-corrected chi connectivity index (χ3v) is 7.74. The Morgan fingerprint density at radius 3 is 2.46 bits per heavy atom. The molecule has 6 nitrogen and oxygen atoms in total. The summed E-state index contributed by atoms with van der Waals surface area (Å²) >= 11 is 12.2. The maximum Gasteiger partial charge on any atom is 0.242 e. The summed E-state index contributed by atoms with van der Waals surface area (Å²) in [6.45, 7) is 5.89. The Hall–Kier alpha value is -3.22. The topological polar surface area (TPSA) is 94.4 Å². The van der Waals surface area contributed by atoms with E-state index in [1.807, 2.05) is 20.8 Å². The van der Waals surface area contributed by atoms with E-state index in [4.69, 9.17) is 33.0 Å². The molecule has 0 radical (unpaired) electrons. The number of aliphatic hydroxyl groups excluding tert-OH is 1. The SMILES string of the molecule is CC(C)(C)C[C@@H]1NC(C(=O)Nc2ccc(OCCO)cc2)[C@H](c2cccc(Cl)c2F)[C@@]1(C#N)c1ccc(Cl)cc1F. The second kappa shape index (κ2) is 12.3. The molecular weight excluding hydrogens is 571 g/mol. The minimum absolute atomic E-state index is 0.0104. The van der Waals surface area contributed by atoms with Crippen molar-refractivity contribution < 1.29 is 23.4 Å². The van der Waals surface area contributed by atoms with Gasteiger partial charge >= 0.3 is 0 Å². The van der Waals surface area contributed by atoms with Gasteiger partial charge in [-0.25, -0.2) is 8.78 Å². The lowest BCUT2D eigenvalue weighted by Gasteiger charge is -2.37. The van der Waals surface area contributed by atoms with E-state index >= 15 is 8.78 Å². The van der Waals surface area contributed by atoms with Crippen molar-refractivity contribution in [2.75, 3.05) is 18.5 Å². The van der Waals surface area contributed by atoms with Gasteiger partial charge < -0.3 is 20.5 Å². The molecule has 1 fully saturated rings. The van der Waals surface area contributed by atoms with Gasteiger partial charge in [0.15, 0.2) is 0 Å². The fourth-order valence-corrected chi connectivity index (χ4v) is 5.92. The highest BCUT2D eigenvalue weighted by molar-refractivity contribution is 6.31. The van der Waals surface area contributed by atoms with Crippen LogP contribution in [0.2, 0.25) is 10.0 Å². The second-order valence-electron chi connectivity index (χ2n) is 11.3. The Morgan fingerprint density at radius 2 is 1.85 bits per heavy atom. The van der Waals surface area contributed by atoms with Gasteiger partial charge in [-0.3, -0.25) is 4.79 Å². The van der Waals surface area contributed by atoms with E-state index in [-0.39, 0.29) is 39.8 Å². The number of rotatable bonds is 8. The summed E-state index contributed by atoms with van der Waals surface area (Å²) in [4.78, 5) is 13.9. The Bertz CT molecular complexity index is 1460. The van der Waals surface area contributed by atoms with Crippen LogP contribution in [-0.2, 0) is 10.2 Å². The molecule has 4 rings (SSSR count). The fraction of sp³-hybridized carbons (Fsp3) is 0.355. The fourth-order valence-electron chi connectivity index (χ4n) is 5.57. The molecule has 41 heavy (non-hydrogen) atoms. The van der Waals surface area contributed by atoms with Crippen LogP contribution in [-0.4, -0.2) is 36.3 Å². The smallest absolute Gasteiger partial charge is 0.242 e. The van der Waals surface area contributed by atoms with Gasteiger partial charge in [0.05, 0.1) is 23.7 Å². The molecule has 4 atom stereocenters. The van der Waals surface area contributed by atoms with Crippen LogP contribution >= 0.6 is 23.2 Å². The first-order valence-electron chi connectivity index (χ1n) is 13.1. The van der Waals surface area contributed by atoms with Gasteiger partial charge in [0.1, 0.15) is 29.4 Å². The number of hydrogen-bond donors (Lipinski definition) is 3. The molecule has 1 amide bonds. The summed E-state index contributed by atoms with van der Waals surface area (Å²) in [5, 5.41) is 26.0. The van der Waals surface area contributed by atoms with Gasteiger partial charge in [-0.15, -0.1) is 0 Å². The normalized spacial score (nSPS) is 22.3. The van der Waals surface area contributed by atoms with Crippen LogP contribution in [0, 0.1) is 28.4 Å². The van der Waals surface area contributed by atoms with E-state index in [0.717, 1.165) is 6.07 Å². The van der Waals surface area contributed by atoms with Crippen LogP contribution in [0.3, 0.4) is 0 Å². The summed E-state index contributed by atoms with van der Waals surface area (Å²) in [5.41, 5.74) is -1.60. The Kier molecular flexibility index (Phi) is 9.25. The molecule has 0 aliphatic carbocycles. The van der Waals surface area contributed by atoms with Crippen molar-refractivity contribution in [3.63, 3.8) is 0 Å². The number of benzene rings is 3. The van der Waals surface area contributed by atoms with Crippen molar-refractivity contribution in [1.29, 1.82) is 5.26 Å². The average molecular weight is 603 g/mol. The molecule has 1 unspecified atom stereocenters. The van der Waals surface area contributed by atoms with Crippen molar-refractivity contribution in [3.8, 4) is 11.8 Å². The third kappa shape index (κ3) is 6.34. The Labute approximate surface area is 248 Å². The number of nitriles is 1. The van der Waals surface area contributed by atoms with Gasteiger partial charge in [-0.05, 0) is 59.9 Å². The second-order valence-corrected chi connectivity index (χ2v) is 12.1. The first kappa shape index (κ1) is 30.7. The summed E-state index contributed by atoms with van der Waals surface area (Å²) in [6.07, 6.45) is 0.363. The van der Waals surface area contributed by atoms with Crippen LogP contribution in [0.4, 0.5) is 14.5 Å². The van der Waals surface area contributed by atoms with E-state index in [1.54, 1.807) is 24.3 Å². The number of nitrogens with one attached hydrogen (secondary N) is 2. The molecule has 3 aromatic rings. The quantitative estimate of drug-likeness (QED) is 0.270. The van der Waals surface area contributed by atoms with Gasteiger partial charge in [0.25, 0.3) is 0 Å². The number of hydrogen-bond acceptors (Lipinski definition) is 5. The number of halogens is 4. The number of carbonyl (C=O) groups excluding carboxylic acids is 1. The first-order valence-corrected chi connectivity index (χ1v) is 13.9. The number of anilines is 1. The molecule has 216 valence electrons. The number of aliphatic hydroxyl groups is 1. The monoisotopic (exact) mass is 601 g/mol. The molecule has 0 bridgehead atoms. The molecule has 1 aliphatic heterocycles. The van der Waals surface area contributed by atoms with Gasteiger partial charge in [-0.2, -0.15) is 5.26 Å². The highest BCUT2D eigenvalue weighted by atomic mass is 35.5. The van der Waals surface area contributed by atoms with Gasteiger partial charge in [0.2, 0.25) is 5.91 Å². The van der Waals surface area contributed by atoms with E-state index in [0.29, 0.717) is 17.9 Å². The minimum Gasteiger partial charge on any atom is -0.491 e. The molecule has 1 saturated heterocycles. The molecule has 10 heteroatoms. The first-order chi connectivity index (χ1) is 19.4. The van der Waals surface area contributed by atoms with Crippen LogP contribution < -0.4 is 15.4 Å². The van der Waals surface area contributed by atoms with Crippen molar-refractivity contribution >= 4 is 34.8 Å². The number of carbonyl (C=O) groups is 1. The highest BCUT2D eigenvalue weighted by Crippen LogP contribution is 2.52. The molecule has 3 N–H and O–H groups in total. The van der Waals surface area contributed by atoms with Gasteiger partial charge in [-0.1, -0.05) is 62.2 Å². The molecule has 0 aromatic heterocycles. The van der Waals surface area contributed by atoms with Crippen molar-refractivity contribution in [2.24, 2.45) is 5.41 Å². The predicted octanol–water partition coefficient (Wildman–Crippen LogP) is 6.60. The average Bonchev–Trinajstić information content (AvgIpc) is 3.22.